The minimum atomic E-state index is -0.225. The molecule has 0 saturated heterocycles. The molecule has 5 nitrogen and oxygen atoms in total. The standard InChI is InChI=1S/C12H13N3O2/c16-12(14-7-11-8-17-9-15-11)13-6-10-4-2-1-3-5-10/h1-5,8-9H,6-7H2,(H2,13,14,16). The van der Waals surface area contributed by atoms with Gasteiger partial charge in [0.05, 0.1) is 12.2 Å². The fourth-order valence-corrected chi connectivity index (χ4v) is 1.34. The number of oxazole rings is 1. The smallest absolute Gasteiger partial charge is 0.315 e. The Morgan fingerprint density at radius 2 is 1.94 bits per heavy atom. The van der Waals surface area contributed by atoms with Crippen molar-refractivity contribution in [1.29, 1.82) is 0 Å². The van der Waals surface area contributed by atoms with Crippen LogP contribution in [-0.2, 0) is 13.1 Å². The zero-order chi connectivity index (χ0) is 11.9. The van der Waals surface area contributed by atoms with Gasteiger partial charge in [0.2, 0.25) is 0 Å². The first kappa shape index (κ1) is 11.2. The molecule has 0 fully saturated rings. The van der Waals surface area contributed by atoms with E-state index in [2.05, 4.69) is 15.6 Å². The largest absolute Gasteiger partial charge is 0.451 e. The van der Waals surface area contributed by atoms with Crippen molar-refractivity contribution in [2.24, 2.45) is 0 Å². The van der Waals surface area contributed by atoms with Crippen LogP contribution in [-0.4, -0.2) is 11.0 Å². The molecule has 0 aliphatic rings. The Kier molecular flexibility index (Phi) is 3.75. The van der Waals surface area contributed by atoms with Crippen LogP contribution in [0.15, 0.2) is 47.4 Å². The Bertz CT molecular complexity index is 454. The van der Waals surface area contributed by atoms with E-state index in [9.17, 15) is 4.79 Å². The molecule has 2 amide bonds. The van der Waals surface area contributed by atoms with Crippen molar-refractivity contribution in [3.05, 3.63) is 54.2 Å². The highest BCUT2D eigenvalue weighted by Gasteiger charge is 2.01. The van der Waals surface area contributed by atoms with Crippen LogP contribution in [0.25, 0.3) is 0 Å². The summed E-state index contributed by atoms with van der Waals surface area (Å²) in [6, 6.07) is 9.50. The number of hydrogen-bond acceptors (Lipinski definition) is 3. The van der Waals surface area contributed by atoms with Crippen molar-refractivity contribution >= 4 is 6.03 Å². The van der Waals surface area contributed by atoms with Crippen molar-refractivity contribution in [3.8, 4) is 0 Å². The van der Waals surface area contributed by atoms with Gasteiger partial charge in [-0.05, 0) is 5.56 Å². The van der Waals surface area contributed by atoms with Crippen molar-refractivity contribution < 1.29 is 9.21 Å². The first-order valence-corrected chi connectivity index (χ1v) is 5.27. The third kappa shape index (κ3) is 3.64. The summed E-state index contributed by atoms with van der Waals surface area (Å²) in [5.74, 6) is 0. The molecule has 5 heteroatoms. The summed E-state index contributed by atoms with van der Waals surface area (Å²) in [5.41, 5.74) is 1.75. The first-order valence-electron chi connectivity index (χ1n) is 5.27. The molecule has 0 radical (unpaired) electrons. The lowest BCUT2D eigenvalue weighted by Crippen LogP contribution is -2.34. The molecule has 2 N–H and O–H groups in total. The van der Waals surface area contributed by atoms with E-state index in [4.69, 9.17) is 4.42 Å². The number of amides is 2. The van der Waals surface area contributed by atoms with Gasteiger partial charge >= 0.3 is 6.03 Å². The highest BCUT2D eigenvalue weighted by Crippen LogP contribution is 1.97. The maximum absolute atomic E-state index is 11.4. The molecule has 17 heavy (non-hydrogen) atoms. The number of urea groups is 1. The second-order valence-electron chi connectivity index (χ2n) is 3.50. The van der Waals surface area contributed by atoms with E-state index in [0.717, 1.165) is 5.56 Å². The van der Waals surface area contributed by atoms with Crippen LogP contribution in [0.2, 0.25) is 0 Å². The van der Waals surface area contributed by atoms with E-state index in [1.54, 1.807) is 0 Å². The van der Waals surface area contributed by atoms with Crippen molar-refractivity contribution in [2.45, 2.75) is 13.1 Å². The van der Waals surface area contributed by atoms with E-state index in [-0.39, 0.29) is 6.03 Å². The summed E-state index contributed by atoms with van der Waals surface area (Å²) in [7, 11) is 0. The van der Waals surface area contributed by atoms with Crippen LogP contribution >= 0.6 is 0 Å². The van der Waals surface area contributed by atoms with Gasteiger partial charge < -0.3 is 15.1 Å². The first-order chi connectivity index (χ1) is 8.34. The van der Waals surface area contributed by atoms with Crippen LogP contribution in [0.4, 0.5) is 4.79 Å². The Labute approximate surface area is 98.9 Å². The Hall–Kier alpha value is -2.30. The Balaban J connectivity index is 1.71. The van der Waals surface area contributed by atoms with Crippen molar-refractivity contribution in [1.82, 2.24) is 15.6 Å². The lowest BCUT2D eigenvalue weighted by atomic mass is 10.2. The zero-order valence-electron chi connectivity index (χ0n) is 9.22. The number of aromatic nitrogens is 1. The molecule has 0 aliphatic heterocycles. The molecular formula is C12H13N3O2. The van der Waals surface area contributed by atoms with E-state index in [0.29, 0.717) is 18.8 Å². The molecule has 88 valence electrons. The normalized spacial score (nSPS) is 9.88. The summed E-state index contributed by atoms with van der Waals surface area (Å²) in [5, 5.41) is 5.44. The average molecular weight is 231 g/mol. The van der Waals surface area contributed by atoms with Gasteiger partial charge in [0, 0.05) is 6.54 Å². The third-order valence-corrected chi connectivity index (χ3v) is 2.21. The summed E-state index contributed by atoms with van der Waals surface area (Å²) < 4.78 is 4.79. The van der Waals surface area contributed by atoms with Gasteiger partial charge in [-0.1, -0.05) is 30.3 Å². The predicted molar refractivity (Wildman–Crippen MR) is 62.0 cm³/mol. The number of carbonyl (C=O) groups excluding carboxylic acids is 1. The maximum atomic E-state index is 11.4. The summed E-state index contributed by atoms with van der Waals surface area (Å²) >= 11 is 0. The summed E-state index contributed by atoms with van der Waals surface area (Å²) in [6.07, 6.45) is 2.83. The van der Waals surface area contributed by atoms with Gasteiger partial charge in [-0.15, -0.1) is 0 Å². The predicted octanol–water partition coefficient (Wildman–Crippen LogP) is 1.67. The highest BCUT2D eigenvalue weighted by atomic mass is 16.3. The van der Waals surface area contributed by atoms with Gasteiger partial charge in [0.25, 0.3) is 0 Å². The second kappa shape index (κ2) is 5.69. The van der Waals surface area contributed by atoms with Crippen LogP contribution < -0.4 is 10.6 Å². The zero-order valence-corrected chi connectivity index (χ0v) is 9.22. The lowest BCUT2D eigenvalue weighted by molar-refractivity contribution is 0.240. The number of carbonyl (C=O) groups is 1. The Morgan fingerprint density at radius 3 is 2.65 bits per heavy atom. The summed E-state index contributed by atoms with van der Waals surface area (Å²) in [4.78, 5) is 15.3. The molecule has 0 saturated carbocycles. The fourth-order valence-electron chi connectivity index (χ4n) is 1.34. The van der Waals surface area contributed by atoms with Crippen molar-refractivity contribution in [2.75, 3.05) is 0 Å². The van der Waals surface area contributed by atoms with Gasteiger partial charge in [0.1, 0.15) is 6.26 Å². The monoisotopic (exact) mass is 231 g/mol. The Morgan fingerprint density at radius 1 is 1.18 bits per heavy atom. The molecule has 0 spiro atoms. The number of nitrogens with zero attached hydrogens (tertiary/aromatic N) is 1. The second-order valence-corrected chi connectivity index (χ2v) is 3.50. The molecule has 0 aliphatic carbocycles. The molecule has 2 aromatic rings. The quantitative estimate of drug-likeness (QED) is 0.841. The fraction of sp³-hybridized carbons (Fsp3) is 0.167. The molecule has 0 atom stereocenters. The van der Waals surface area contributed by atoms with Gasteiger partial charge in [0.15, 0.2) is 6.39 Å². The molecule has 1 aromatic heterocycles. The molecule has 1 heterocycles. The number of nitrogens with one attached hydrogen (secondary N) is 2. The van der Waals surface area contributed by atoms with E-state index < -0.39 is 0 Å². The number of rotatable bonds is 4. The minimum Gasteiger partial charge on any atom is -0.451 e. The maximum Gasteiger partial charge on any atom is 0.315 e. The highest BCUT2D eigenvalue weighted by molar-refractivity contribution is 5.73. The topological polar surface area (TPSA) is 67.2 Å². The average Bonchev–Trinajstić information content (AvgIpc) is 2.88. The van der Waals surface area contributed by atoms with Gasteiger partial charge in [-0.3, -0.25) is 0 Å². The van der Waals surface area contributed by atoms with Crippen molar-refractivity contribution in [3.63, 3.8) is 0 Å². The number of hydrogen-bond donors (Lipinski definition) is 2. The van der Waals surface area contributed by atoms with E-state index in [1.165, 1.54) is 12.7 Å². The molecule has 0 unspecified atom stereocenters. The lowest BCUT2D eigenvalue weighted by Gasteiger charge is -2.06. The van der Waals surface area contributed by atoms with Crippen LogP contribution in [0.3, 0.4) is 0 Å². The third-order valence-electron chi connectivity index (χ3n) is 2.21. The molecular weight excluding hydrogens is 218 g/mol. The van der Waals surface area contributed by atoms with Gasteiger partial charge in [-0.25, -0.2) is 9.78 Å². The molecule has 0 bridgehead atoms. The van der Waals surface area contributed by atoms with Crippen LogP contribution in [0.1, 0.15) is 11.3 Å². The van der Waals surface area contributed by atoms with E-state index in [1.807, 2.05) is 30.3 Å². The molecule has 2 rings (SSSR count). The molecule has 1 aromatic carbocycles. The van der Waals surface area contributed by atoms with E-state index >= 15 is 0 Å². The van der Waals surface area contributed by atoms with Gasteiger partial charge in [-0.2, -0.15) is 0 Å². The number of benzene rings is 1. The minimum absolute atomic E-state index is 0.225. The SMILES string of the molecule is O=C(NCc1ccccc1)NCc1cocn1. The van der Waals surface area contributed by atoms with Crippen LogP contribution in [0, 0.1) is 0 Å². The van der Waals surface area contributed by atoms with Crippen LogP contribution in [0.5, 0.6) is 0 Å². The summed E-state index contributed by atoms with van der Waals surface area (Å²) in [6.45, 7) is 0.864.